The maximum atomic E-state index is 9.66. The first kappa shape index (κ1) is 20.5. The number of carboxylic acids is 2. The molecule has 0 spiro atoms. The minimum atomic E-state index is -1.04. The molecule has 7 heteroatoms. The summed E-state index contributed by atoms with van der Waals surface area (Å²) in [6, 6.07) is 0. The van der Waals surface area contributed by atoms with Gasteiger partial charge < -0.3 is 29.6 Å². The summed E-state index contributed by atoms with van der Waals surface area (Å²) in [6.07, 6.45) is 0. The number of nitrogens with zero attached hydrogens (tertiary/aromatic N) is 2. The summed E-state index contributed by atoms with van der Waals surface area (Å²) < 4.78 is 0. The molecule has 0 radical (unpaired) electrons. The molecule has 0 aromatic rings. The van der Waals surface area contributed by atoms with Crippen molar-refractivity contribution in [2.24, 2.45) is 0 Å². The van der Waals surface area contributed by atoms with Crippen LogP contribution in [0.2, 0.25) is 0 Å². The molecule has 0 saturated heterocycles. The third-order valence-electron chi connectivity index (χ3n) is 0.891. The van der Waals surface area contributed by atoms with Crippen LogP contribution in [-0.4, -0.2) is 101 Å². The Balaban J connectivity index is -0.000000180. The van der Waals surface area contributed by atoms with Crippen LogP contribution in [0.3, 0.4) is 0 Å². The zero-order chi connectivity index (χ0) is 11.7. The molecule has 0 aromatic heterocycles. The van der Waals surface area contributed by atoms with E-state index in [1.54, 1.807) is 28.2 Å². The zero-order valence-electron chi connectivity index (χ0n) is 9.65. The van der Waals surface area contributed by atoms with Crippen LogP contribution in [0.15, 0.2) is 0 Å². The number of carboxylic acid groups (broad SMARTS) is 2. The second-order valence-electron chi connectivity index (χ2n) is 3.22. The Morgan fingerprint density at radius 1 is 0.867 bits per heavy atom. The van der Waals surface area contributed by atoms with E-state index < -0.39 is 11.9 Å². The van der Waals surface area contributed by atoms with E-state index in [-0.39, 0.29) is 50.8 Å². The number of hydrogen-bond acceptors (Lipinski definition) is 6. The predicted octanol–water partition coefficient (Wildman–Crippen LogP) is -3.78. The molecule has 0 saturated carbocycles. The molecule has 0 atom stereocenters. The molecule has 0 aromatic carbocycles. The van der Waals surface area contributed by atoms with E-state index in [4.69, 9.17) is 0 Å². The Bertz CT molecular complexity index is 165. The molecule has 0 heterocycles. The minimum absolute atomic E-state index is 0. The first-order valence-corrected chi connectivity index (χ1v) is 3.94. The molecule has 0 rings (SSSR count). The van der Waals surface area contributed by atoms with Gasteiger partial charge in [0.05, 0.1) is 11.9 Å². The van der Waals surface area contributed by atoms with Crippen LogP contribution < -0.4 is 10.2 Å². The quantitative estimate of drug-likeness (QED) is 0.472. The van der Waals surface area contributed by atoms with Crippen LogP contribution in [0.4, 0.5) is 0 Å². The van der Waals surface area contributed by atoms with Crippen molar-refractivity contribution in [2.75, 3.05) is 41.3 Å². The molecule has 0 aliphatic heterocycles. The molecule has 15 heavy (non-hydrogen) atoms. The van der Waals surface area contributed by atoms with Crippen molar-refractivity contribution in [3.05, 3.63) is 0 Å². The topological polar surface area (TPSA) is 86.7 Å². The van der Waals surface area contributed by atoms with Crippen LogP contribution >= 0.6 is 0 Å². The third-order valence-corrected chi connectivity index (χ3v) is 0.891. The standard InChI is InChI=1S/2C4H9NO2.Ca/c2*1-5(2)3-4(6)7;/h2*3H2,1-2H3,(H,6,7);/q;;+2/p-2. The maximum absolute atomic E-state index is 9.66. The van der Waals surface area contributed by atoms with Crippen molar-refractivity contribution in [3.8, 4) is 0 Å². The van der Waals surface area contributed by atoms with Gasteiger partial charge in [-0.15, -0.1) is 0 Å². The summed E-state index contributed by atoms with van der Waals surface area (Å²) >= 11 is 0. The summed E-state index contributed by atoms with van der Waals surface area (Å²) in [4.78, 5) is 22.4. The van der Waals surface area contributed by atoms with Crippen molar-refractivity contribution in [2.45, 2.75) is 0 Å². The summed E-state index contributed by atoms with van der Waals surface area (Å²) in [5.41, 5.74) is 0. The van der Waals surface area contributed by atoms with Gasteiger partial charge in [0.25, 0.3) is 0 Å². The van der Waals surface area contributed by atoms with E-state index >= 15 is 0 Å². The zero-order valence-corrected chi connectivity index (χ0v) is 11.9. The number of aliphatic carboxylic acids is 2. The fourth-order valence-corrected chi connectivity index (χ4v) is 0.516. The van der Waals surface area contributed by atoms with Crippen molar-refractivity contribution in [3.63, 3.8) is 0 Å². The summed E-state index contributed by atoms with van der Waals surface area (Å²) in [5, 5.41) is 19.3. The second-order valence-corrected chi connectivity index (χ2v) is 3.22. The summed E-state index contributed by atoms with van der Waals surface area (Å²) in [7, 11) is 6.71. The molecule has 0 aliphatic rings. The molecular formula is C8H16CaN2O4. The van der Waals surface area contributed by atoms with Crippen molar-refractivity contribution < 1.29 is 19.8 Å². The molecule has 6 nitrogen and oxygen atoms in total. The third kappa shape index (κ3) is 31.5. The molecular weight excluding hydrogens is 228 g/mol. The van der Waals surface area contributed by atoms with Gasteiger partial charge in [-0.3, -0.25) is 0 Å². The van der Waals surface area contributed by atoms with Gasteiger partial charge in [0.1, 0.15) is 0 Å². The average Bonchev–Trinajstić information content (AvgIpc) is 1.79. The Morgan fingerprint density at radius 2 is 1.07 bits per heavy atom. The number of carbonyl (C=O) groups is 2. The number of rotatable bonds is 4. The number of hydrogen-bond donors (Lipinski definition) is 0. The fourth-order valence-electron chi connectivity index (χ4n) is 0.516. The van der Waals surface area contributed by atoms with E-state index in [1.165, 1.54) is 9.80 Å². The predicted molar refractivity (Wildman–Crippen MR) is 52.9 cm³/mol. The monoisotopic (exact) mass is 244 g/mol. The molecule has 0 fully saturated rings. The number of carbonyl (C=O) groups excluding carboxylic acids is 2. The summed E-state index contributed by atoms with van der Waals surface area (Å²) in [6.45, 7) is 0. The van der Waals surface area contributed by atoms with E-state index in [1.807, 2.05) is 0 Å². The Kier molecular flexibility index (Phi) is 16.7. The normalized spacial score (nSPS) is 8.93. The van der Waals surface area contributed by atoms with E-state index in [0.717, 1.165) is 0 Å². The molecule has 0 aliphatic carbocycles. The van der Waals surface area contributed by atoms with Crippen molar-refractivity contribution in [1.82, 2.24) is 9.80 Å². The first-order valence-electron chi connectivity index (χ1n) is 3.94. The smallest absolute Gasteiger partial charge is 0.549 e. The van der Waals surface area contributed by atoms with Crippen LogP contribution in [0.1, 0.15) is 0 Å². The minimum Gasteiger partial charge on any atom is -0.549 e. The summed E-state index contributed by atoms with van der Waals surface area (Å²) in [5.74, 6) is -2.07. The van der Waals surface area contributed by atoms with E-state index in [0.29, 0.717) is 0 Å². The van der Waals surface area contributed by atoms with Gasteiger partial charge in [-0.05, 0) is 28.2 Å². The average molecular weight is 244 g/mol. The van der Waals surface area contributed by atoms with Crippen molar-refractivity contribution >= 4 is 49.7 Å². The van der Waals surface area contributed by atoms with Crippen LogP contribution in [-0.2, 0) is 9.59 Å². The largest absolute Gasteiger partial charge is 2.00 e. The van der Waals surface area contributed by atoms with Crippen LogP contribution in [0.5, 0.6) is 0 Å². The van der Waals surface area contributed by atoms with Gasteiger partial charge in [0, 0.05) is 13.1 Å². The maximum Gasteiger partial charge on any atom is 2.00 e. The van der Waals surface area contributed by atoms with Crippen LogP contribution in [0.25, 0.3) is 0 Å². The Labute approximate surface area is 120 Å². The molecule has 0 N–H and O–H groups in total. The van der Waals surface area contributed by atoms with Gasteiger partial charge in [-0.25, -0.2) is 0 Å². The van der Waals surface area contributed by atoms with Gasteiger partial charge in [-0.2, -0.15) is 0 Å². The van der Waals surface area contributed by atoms with Crippen LogP contribution in [0, 0.1) is 0 Å². The molecule has 84 valence electrons. The van der Waals surface area contributed by atoms with Gasteiger partial charge in [-0.1, -0.05) is 0 Å². The molecule has 0 bridgehead atoms. The van der Waals surface area contributed by atoms with Gasteiger partial charge >= 0.3 is 37.7 Å². The van der Waals surface area contributed by atoms with E-state index in [9.17, 15) is 19.8 Å². The number of likely N-dealkylation sites (N-methyl/N-ethyl adjacent to an activating group) is 2. The fraction of sp³-hybridized carbons (Fsp3) is 0.750. The second kappa shape index (κ2) is 12.2. The van der Waals surface area contributed by atoms with Crippen molar-refractivity contribution in [1.29, 1.82) is 0 Å². The molecule has 0 unspecified atom stereocenters. The van der Waals surface area contributed by atoms with Gasteiger partial charge in [0.15, 0.2) is 0 Å². The van der Waals surface area contributed by atoms with Gasteiger partial charge in [0.2, 0.25) is 0 Å². The first-order chi connectivity index (χ1) is 6.25. The molecule has 0 amide bonds. The van der Waals surface area contributed by atoms with E-state index in [2.05, 4.69) is 0 Å². The SMILES string of the molecule is CN(C)CC(=O)[O-].CN(C)CC(=O)[O-].[Ca+2]. The Morgan fingerprint density at radius 3 is 1.07 bits per heavy atom. The Hall–Kier alpha value is 0.120.